The zero-order chi connectivity index (χ0) is 20.7. The van der Waals surface area contributed by atoms with Gasteiger partial charge in [-0.1, -0.05) is 48.5 Å². The summed E-state index contributed by atoms with van der Waals surface area (Å²) in [7, 11) is 0. The predicted octanol–water partition coefficient (Wildman–Crippen LogP) is 5.70. The van der Waals surface area contributed by atoms with Crippen molar-refractivity contribution in [2.24, 2.45) is 0 Å². The fourth-order valence-corrected chi connectivity index (χ4v) is 3.93. The highest BCUT2D eigenvalue weighted by molar-refractivity contribution is 6.09. The van der Waals surface area contributed by atoms with Gasteiger partial charge in [-0.2, -0.15) is 5.10 Å². The molecule has 5 aromatic rings. The summed E-state index contributed by atoms with van der Waals surface area (Å²) < 4.78 is 7.81. The molecule has 1 N–H and O–H groups in total. The minimum atomic E-state index is -0.167. The number of aromatic nitrogens is 2. The molecule has 0 saturated carbocycles. The number of anilines is 1. The van der Waals surface area contributed by atoms with Gasteiger partial charge in [0.15, 0.2) is 0 Å². The molecule has 0 aliphatic rings. The Balaban J connectivity index is 1.43. The molecule has 148 valence electrons. The van der Waals surface area contributed by atoms with Crippen LogP contribution in [0.3, 0.4) is 0 Å². The number of nitrogens with zero attached hydrogens (tertiary/aromatic N) is 2. The molecule has 30 heavy (non-hydrogen) atoms. The van der Waals surface area contributed by atoms with E-state index in [0.29, 0.717) is 23.5 Å². The van der Waals surface area contributed by atoms with Gasteiger partial charge in [-0.3, -0.25) is 9.48 Å². The van der Waals surface area contributed by atoms with Crippen LogP contribution in [0.4, 0.5) is 5.69 Å². The van der Waals surface area contributed by atoms with Crippen LogP contribution in [0.25, 0.3) is 21.9 Å². The quantitative estimate of drug-likeness (QED) is 0.425. The van der Waals surface area contributed by atoms with Gasteiger partial charge in [0.2, 0.25) is 0 Å². The number of amides is 1. The molecular weight excluding hydrogens is 374 g/mol. The molecule has 0 atom stereocenters. The van der Waals surface area contributed by atoms with Crippen molar-refractivity contribution in [2.45, 2.75) is 20.4 Å². The molecule has 0 fully saturated rings. The van der Waals surface area contributed by atoms with Crippen molar-refractivity contribution in [3.05, 3.63) is 95.3 Å². The van der Waals surface area contributed by atoms with Crippen LogP contribution in [0.1, 0.15) is 27.3 Å². The van der Waals surface area contributed by atoms with E-state index in [2.05, 4.69) is 22.5 Å². The maximum Gasteiger partial charge on any atom is 0.259 e. The lowest BCUT2D eigenvalue weighted by molar-refractivity contribution is 0.102. The number of benzene rings is 3. The van der Waals surface area contributed by atoms with Crippen LogP contribution in [0.15, 0.2) is 77.2 Å². The first-order valence-electron chi connectivity index (χ1n) is 9.91. The highest BCUT2D eigenvalue weighted by Crippen LogP contribution is 2.30. The Morgan fingerprint density at radius 1 is 0.933 bits per heavy atom. The van der Waals surface area contributed by atoms with Gasteiger partial charge in [-0.05, 0) is 37.6 Å². The van der Waals surface area contributed by atoms with Crippen molar-refractivity contribution in [1.29, 1.82) is 0 Å². The Hall–Kier alpha value is -3.86. The van der Waals surface area contributed by atoms with E-state index in [-0.39, 0.29) is 5.91 Å². The molecule has 0 bridgehead atoms. The number of para-hydroxylation sites is 1. The summed E-state index contributed by atoms with van der Waals surface area (Å²) in [6.07, 6.45) is 0. The van der Waals surface area contributed by atoms with Gasteiger partial charge in [0.05, 0.1) is 17.8 Å². The summed E-state index contributed by atoms with van der Waals surface area (Å²) in [6, 6.07) is 23.8. The standard InChI is InChI=1S/C25H21N3O2/c1-16-24(17(2)28(27-16)15-18-8-4-3-5-9-18)25(29)26-19-12-13-21-20-10-6-7-11-22(20)30-23(21)14-19/h3-14H,15H2,1-2H3,(H,26,29). The summed E-state index contributed by atoms with van der Waals surface area (Å²) in [5, 5.41) is 9.69. The molecule has 3 aromatic carbocycles. The van der Waals surface area contributed by atoms with Crippen molar-refractivity contribution < 1.29 is 9.21 Å². The lowest BCUT2D eigenvalue weighted by Crippen LogP contribution is -2.14. The van der Waals surface area contributed by atoms with Crippen LogP contribution in [-0.4, -0.2) is 15.7 Å². The largest absolute Gasteiger partial charge is 0.456 e. The molecule has 5 heteroatoms. The molecule has 5 rings (SSSR count). The smallest absolute Gasteiger partial charge is 0.259 e. The summed E-state index contributed by atoms with van der Waals surface area (Å²) in [5.41, 5.74) is 5.60. The van der Waals surface area contributed by atoms with E-state index in [1.807, 2.05) is 79.2 Å². The second kappa shape index (κ2) is 7.19. The summed E-state index contributed by atoms with van der Waals surface area (Å²) in [4.78, 5) is 13.0. The fourth-order valence-electron chi connectivity index (χ4n) is 3.93. The fraction of sp³-hybridized carbons (Fsp3) is 0.120. The second-order valence-corrected chi connectivity index (χ2v) is 7.45. The first kappa shape index (κ1) is 18.2. The van der Waals surface area contributed by atoms with E-state index in [1.54, 1.807) is 0 Å². The van der Waals surface area contributed by atoms with Crippen molar-refractivity contribution in [2.75, 3.05) is 5.32 Å². The van der Waals surface area contributed by atoms with Crippen LogP contribution in [0.2, 0.25) is 0 Å². The predicted molar refractivity (Wildman–Crippen MR) is 119 cm³/mol. The summed E-state index contributed by atoms with van der Waals surface area (Å²) in [6.45, 7) is 4.43. The minimum Gasteiger partial charge on any atom is -0.456 e. The molecular formula is C25H21N3O2. The SMILES string of the molecule is Cc1nn(Cc2ccccc2)c(C)c1C(=O)Nc1ccc2c(c1)oc1ccccc12. The minimum absolute atomic E-state index is 0.167. The van der Waals surface area contributed by atoms with Crippen LogP contribution >= 0.6 is 0 Å². The summed E-state index contributed by atoms with van der Waals surface area (Å²) in [5.74, 6) is -0.167. The number of rotatable bonds is 4. The third-order valence-electron chi connectivity index (χ3n) is 5.42. The van der Waals surface area contributed by atoms with Crippen LogP contribution in [-0.2, 0) is 6.54 Å². The highest BCUT2D eigenvalue weighted by atomic mass is 16.3. The topological polar surface area (TPSA) is 60.1 Å². The number of hydrogen-bond donors (Lipinski definition) is 1. The normalized spacial score (nSPS) is 11.3. The molecule has 2 aromatic heterocycles. The first-order chi connectivity index (χ1) is 14.6. The van der Waals surface area contributed by atoms with Gasteiger partial charge >= 0.3 is 0 Å². The zero-order valence-electron chi connectivity index (χ0n) is 16.8. The van der Waals surface area contributed by atoms with E-state index in [4.69, 9.17) is 4.42 Å². The van der Waals surface area contributed by atoms with Gasteiger partial charge in [0, 0.05) is 28.2 Å². The summed E-state index contributed by atoms with van der Waals surface area (Å²) >= 11 is 0. The molecule has 0 unspecified atom stereocenters. The average molecular weight is 395 g/mol. The van der Waals surface area contributed by atoms with E-state index in [0.717, 1.165) is 33.2 Å². The van der Waals surface area contributed by atoms with Gasteiger partial charge in [0.25, 0.3) is 5.91 Å². The van der Waals surface area contributed by atoms with Crippen LogP contribution in [0, 0.1) is 13.8 Å². The number of hydrogen-bond acceptors (Lipinski definition) is 3. The van der Waals surface area contributed by atoms with Crippen LogP contribution < -0.4 is 5.32 Å². The number of carbonyl (C=O) groups excluding carboxylic acids is 1. The van der Waals surface area contributed by atoms with Gasteiger partial charge in [0.1, 0.15) is 11.2 Å². The maximum atomic E-state index is 13.0. The number of nitrogens with one attached hydrogen (secondary N) is 1. The number of furan rings is 1. The van der Waals surface area contributed by atoms with Crippen molar-refractivity contribution in [3.8, 4) is 0 Å². The number of aryl methyl sites for hydroxylation is 1. The molecule has 0 aliphatic heterocycles. The monoisotopic (exact) mass is 395 g/mol. The lowest BCUT2D eigenvalue weighted by Gasteiger charge is -2.07. The third-order valence-corrected chi connectivity index (χ3v) is 5.42. The number of carbonyl (C=O) groups is 1. The van der Waals surface area contributed by atoms with Crippen molar-refractivity contribution >= 4 is 33.5 Å². The van der Waals surface area contributed by atoms with Gasteiger partial charge in [-0.25, -0.2) is 0 Å². The van der Waals surface area contributed by atoms with E-state index in [1.165, 1.54) is 0 Å². The molecule has 0 aliphatic carbocycles. The van der Waals surface area contributed by atoms with Crippen LogP contribution in [0.5, 0.6) is 0 Å². The molecule has 1 amide bonds. The molecule has 2 heterocycles. The van der Waals surface area contributed by atoms with E-state index in [9.17, 15) is 4.79 Å². The van der Waals surface area contributed by atoms with E-state index < -0.39 is 0 Å². The molecule has 0 spiro atoms. The Labute approximate surface area is 173 Å². The van der Waals surface area contributed by atoms with E-state index >= 15 is 0 Å². The maximum absolute atomic E-state index is 13.0. The highest BCUT2D eigenvalue weighted by Gasteiger charge is 2.19. The zero-order valence-corrected chi connectivity index (χ0v) is 16.8. The molecule has 5 nitrogen and oxygen atoms in total. The first-order valence-corrected chi connectivity index (χ1v) is 9.91. The second-order valence-electron chi connectivity index (χ2n) is 7.45. The lowest BCUT2D eigenvalue weighted by atomic mass is 10.1. The third kappa shape index (κ3) is 3.14. The van der Waals surface area contributed by atoms with Crippen molar-refractivity contribution in [1.82, 2.24) is 9.78 Å². The van der Waals surface area contributed by atoms with Crippen molar-refractivity contribution in [3.63, 3.8) is 0 Å². The average Bonchev–Trinajstić information content (AvgIpc) is 3.25. The Morgan fingerprint density at radius 2 is 1.67 bits per heavy atom. The Kier molecular flexibility index (Phi) is 4.36. The Bertz CT molecular complexity index is 1380. The van der Waals surface area contributed by atoms with Gasteiger partial charge < -0.3 is 9.73 Å². The molecule has 0 saturated heterocycles. The Morgan fingerprint density at radius 3 is 2.50 bits per heavy atom. The molecule has 0 radical (unpaired) electrons. The van der Waals surface area contributed by atoms with Gasteiger partial charge in [-0.15, -0.1) is 0 Å². The number of fused-ring (bicyclic) bond motifs is 3.